The van der Waals surface area contributed by atoms with Crippen LogP contribution in [0, 0.1) is 13.8 Å². The highest BCUT2D eigenvalue weighted by molar-refractivity contribution is 6.31. The molecule has 3 nitrogen and oxygen atoms in total. The Bertz CT molecular complexity index is 589. The van der Waals surface area contributed by atoms with Crippen molar-refractivity contribution in [3.05, 3.63) is 51.8 Å². The summed E-state index contributed by atoms with van der Waals surface area (Å²) < 4.78 is 1.92. The first-order chi connectivity index (χ1) is 9.52. The molecule has 1 aromatic heterocycles. The van der Waals surface area contributed by atoms with Gasteiger partial charge >= 0.3 is 0 Å². The average Bonchev–Trinajstić information content (AvgIpc) is 2.76. The first-order valence-electron chi connectivity index (χ1n) is 7.05. The molecule has 1 unspecified atom stereocenters. The largest absolute Gasteiger partial charge is 0.322 e. The normalized spacial score (nSPS) is 12.7. The Balaban J connectivity index is 2.21. The van der Waals surface area contributed by atoms with Gasteiger partial charge in [-0.25, -0.2) is 0 Å². The third-order valence-electron chi connectivity index (χ3n) is 3.65. The molecule has 2 N–H and O–H groups in total. The van der Waals surface area contributed by atoms with Gasteiger partial charge in [0.15, 0.2) is 0 Å². The molecule has 0 saturated heterocycles. The minimum Gasteiger partial charge on any atom is -0.322 e. The van der Waals surface area contributed by atoms with Gasteiger partial charge in [-0.1, -0.05) is 36.7 Å². The molecule has 108 valence electrons. The van der Waals surface area contributed by atoms with Crippen LogP contribution in [0.4, 0.5) is 0 Å². The molecule has 1 aromatic carbocycles. The zero-order valence-electron chi connectivity index (χ0n) is 12.4. The lowest BCUT2D eigenvalue weighted by atomic mass is 10.00. The predicted octanol–water partition coefficient (Wildman–Crippen LogP) is 3.81. The summed E-state index contributed by atoms with van der Waals surface area (Å²) in [4.78, 5) is 0. The standard InChI is InChI=1S/C16H22ClN3/c1-4-7-20-16(14(17)10-19-20)15(18)9-13-6-5-11(2)12(3)8-13/h5-6,8,10,15H,4,7,9,18H2,1-3H3. The van der Waals surface area contributed by atoms with Gasteiger partial charge in [0.2, 0.25) is 0 Å². The van der Waals surface area contributed by atoms with E-state index >= 15 is 0 Å². The van der Waals surface area contributed by atoms with Crippen LogP contribution in [-0.4, -0.2) is 9.78 Å². The molecular formula is C16H22ClN3. The smallest absolute Gasteiger partial charge is 0.0834 e. The highest BCUT2D eigenvalue weighted by Gasteiger charge is 2.17. The molecule has 0 amide bonds. The summed E-state index contributed by atoms with van der Waals surface area (Å²) in [5.41, 5.74) is 11.1. The van der Waals surface area contributed by atoms with Gasteiger partial charge in [-0.15, -0.1) is 0 Å². The van der Waals surface area contributed by atoms with Crippen molar-refractivity contribution in [3.8, 4) is 0 Å². The minimum atomic E-state index is -0.126. The number of halogens is 1. The summed E-state index contributed by atoms with van der Waals surface area (Å²) in [6, 6.07) is 6.35. The molecule has 0 fully saturated rings. The fraction of sp³-hybridized carbons (Fsp3) is 0.438. The fourth-order valence-corrected chi connectivity index (χ4v) is 2.69. The van der Waals surface area contributed by atoms with E-state index < -0.39 is 0 Å². The molecule has 1 heterocycles. The molecule has 0 saturated carbocycles. The Hall–Kier alpha value is -1.32. The van der Waals surface area contributed by atoms with E-state index in [0.29, 0.717) is 5.02 Å². The maximum absolute atomic E-state index is 6.35. The zero-order chi connectivity index (χ0) is 14.7. The first kappa shape index (κ1) is 15.1. The van der Waals surface area contributed by atoms with Crippen molar-refractivity contribution in [2.24, 2.45) is 5.73 Å². The second-order valence-electron chi connectivity index (χ2n) is 5.33. The Labute approximate surface area is 125 Å². The molecule has 2 rings (SSSR count). The third-order valence-corrected chi connectivity index (χ3v) is 3.94. The maximum atomic E-state index is 6.35. The summed E-state index contributed by atoms with van der Waals surface area (Å²) in [5.74, 6) is 0. The molecule has 0 spiro atoms. The van der Waals surface area contributed by atoms with Gasteiger partial charge in [-0.3, -0.25) is 4.68 Å². The van der Waals surface area contributed by atoms with Crippen molar-refractivity contribution in [2.45, 2.75) is 46.2 Å². The van der Waals surface area contributed by atoms with Gasteiger partial charge in [0.25, 0.3) is 0 Å². The van der Waals surface area contributed by atoms with E-state index in [4.69, 9.17) is 17.3 Å². The number of hydrogen-bond donors (Lipinski definition) is 1. The lowest BCUT2D eigenvalue weighted by Crippen LogP contribution is -2.19. The third kappa shape index (κ3) is 3.22. The Morgan fingerprint density at radius 1 is 1.30 bits per heavy atom. The summed E-state index contributed by atoms with van der Waals surface area (Å²) in [6.07, 6.45) is 3.48. The lowest BCUT2D eigenvalue weighted by Gasteiger charge is -2.15. The highest BCUT2D eigenvalue weighted by Crippen LogP contribution is 2.25. The van der Waals surface area contributed by atoms with Gasteiger partial charge in [-0.2, -0.15) is 5.10 Å². The van der Waals surface area contributed by atoms with Crippen LogP contribution in [-0.2, 0) is 13.0 Å². The number of hydrogen-bond acceptors (Lipinski definition) is 2. The summed E-state index contributed by atoms with van der Waals surface area (Å²) in [6.45, 7) is 7.21. The molecule has 0 aliphatic heterocycles. The van der Waals surface area contributed by atoms with Gasteiger partial charge in [-0.05, 0) is 43.4 Å². The van der Waals surface area contributed by atoms with Crippen molar-refractivity contribution < 1.29 is 0 Å². The number of aryl methyl sites for hydroxylation is 3. The van der Waals surface area contributed by atoms with E-state index in [9.17, 15) is 0 Å². The molecule has 0 radical (unpaired) electrons. The monoisotopic (exact) mass is 291 g/mol. The first-order valence-corrected chi connectivity index (χ1v) is 7.43. The van der Waals surface area contributed by atoms with Crippen molar-refractivity contribution in [1.82, 2.24) is 9.78 Å². The van der Waals surface area contributed by atoms with Crippen LogP contribution in [0.1, 0.15) is 41.8 Å². The molecule has 0 bridgehead atoms. The van der Waals surface area contributed by atoms with Crippen molar-refractivity contribution >= 4 is 11.6 Å². The van der Waals surface area contributed by atoms with Crippen LogP contribution < -0.4 is 5.73 Å². The van der Waals surface area contributed by atoms with Crippen molar-refractivity contribution in [2.75, 3.05) is 0 Å². The van der Waals surface area contributed by atoms with E-state index in [-0.39, 0.29) is 6.04 Å². The van der Waals surface area contributed by atoms with Crippen LogP contribution in [0.15, 0.2) is 24.4 Å². The van der Waals surface area contributed by atoms with Crippen LogP contribution in [0.25, 0.3) is 0 Å². The number of nitrogens with zero attached hydrogens (tertiary/aromatic N) is 2. The Morgan fingerprint density at radius 3 is 2.70 bits per heavy atom. The van der Waals surface area contributed by atoms with E-state index in [1.807, 2.05) is 4.68 Å². The average molecular weight is 292 g/mol. The van der Waals surface area contributed by atoms with E-state index in [2.05, 4.69) is 44.1 Å². The topological polar surface area (TPSA) is 43.8 Å². The van der Waals surface area contributed by atoms with E-state index in [0.717, 1.165) is 25.1 Å². The molecule has 1 atom stereocenters. The molecule has 2 aromatic rings. The molecule has 0 aliphatic carbocycles. The van der Waals surface area contributed by atoms with Gasteiger partial charge in [0.1, 0.15) is 0 Å². The van der Waals surface area contributed by atoms with Crippen LogP contribution in [0.5, 0.6) is 0 Å². The number of benzene rings is 1. The Morgan fingerprint density at radius 2 is 2.05 bits per heavy atom. The maximum Gasteiger partial charge on any atom is 0.0834 e. The Kier molecular flexibility index (Phi) is 4.84. The van der Waals surface area contributed by atoms with Crippen molar-refractivity contribution in [3.63, 3.8) is 0 Å². The van der Waals surface area contributed by atoms with Crippen molar-refractivity contribution in [1.29, 1.82) is 0 Å². The number of rotatable bonds is 5. The predicted molar refractivity (Wildman–Crippen MR) is 84.1 cm³/mol. The summed E-state index contributed by atoms with van der Waals surface area (Å²) in [7, 11) is 0. The lowest BCUT2D eigenvalue weighted by molar-refractivity contribution is 0.538. The van der Waals surface area contributed by atoms with Gasteiger partial charge < -0.3 is 5.73 Å². The van der Waals surface area contributed by atoms with Crippen LogP contribution in [0.2, 0.25) is 5.02 Å². The second-order valence-corrected chi connectivity index (χ2v) is 5.74. The number of aromatic nitrogens is 2. The second kappa shape index (κ2) is 6.42. The van der Waals surface area contributed by atoms with Crippen LogP contribution in [0.3, 0.4) is 0 Å². The molecule has 20 heavy (non-hydrogen) atoms. The number of nitrogens with two attached hydrogens (primary N) is 1. The van der Waals surface area contributed by atoms with Gasteiger partial charge in [0.05, 0.1) is 23.0 Å². The SMILES string of the molecule is CCCn1ncc(Cl)c1C(N)Cc1ccc(C)c(C)c1. The fourth-order valence-electron chi connectivity index (χ4n) is 2.41. The van der Waals surface area contributed by atoms with Gasteiger partial charge in [0, 0.05) is 6.54 Å². The quantitative estimate of drug-likeness (QED) is 0.910. The van der Waals surface area contributed by atoms with Crippen LogP contribution >= 0.6 is 11.6 Å². The zero-order valence-corrected chi connectivity index (χ0v) is 13.1. The van der Waals surface area contributed by atoms with E-state index in [1.54, 1.807) is 6.20 Å². The molecular weight excluding hydrogens is 270 g/mol. The molecule has 4 heteroatoms. The summed E-state index contributed by atoms with van der Waals surface area (Å²) in [5, 5.41) is 4.97. The van der Waals surface area contributed by atoms with E-state index in [1.165, 1.54) is 16.7 Å². The molecule has 0 aliphatic rings. The minimum absolute atomic E-state index is 0.126. The highest BCUT2D eigenvalue weighted by atomic mass is 35.5. The summed E-state index contributed by atoms with van der Waals surface area (Å²) >= 11 is 6.23.